The van der Waals surface area contributed by atoms with Crippen molar-refractivity contribution in [1.82, 2.24) is 10.3 Å². The minimum atomic E-state index is -0.456. The van der Waals surface area contributed by atoms with E-state index in [1.54, 1.807) is 18.3 Å². The number of hydrogen-bond donors (Lipinski definition) is 2. The van der Waals surface area contributed by atoms with Gasteiger partial charge in [0, 0.05) is 26.5 Å². The van der Waals surface area contributed by atoms with Gasteiger partial charge in [-0.15, -0.1) is 0 Å². The van der Waals surface area contributed by atoms with Crippen molar-refractivity contribution < 1.29 is 14.3 Å². The molecule has 0 aliphatic heterocycles. The fourth-order valence-corrected chi connectivity index (χ4v) is 1.51. The summed E-state index contributed by atoms with van der Waals surface area (Å²) in [6, 6.07) is 3.65. The van der Waals surface area contributed by atoms with Crippen LogP contribution in [0.25, 0.3) is 0 Å². The first-order valence-corrected chi connectivity index (χ1v) is 6.13. The normalized spacial score (nSPS) is 10.8. The van der Waals surface area contributed by atoms with E-state index < -0.39 is 6.29 Å². The van der Waals surface area contributed by atoms with Gasteiger partial charge in [0.15, 0.2) is 6.29 Å². The van der Waals surface area contributed by atoms with Crippen molar-refractivity contribution in [1.29, 1.82) is 0 Å². The van der Waals surface area contributed by atoms with Gasteiger partial charge in [-0.1, -0.05) is 0 Å². The Kier molecular flexibility index (Phi) is 6.24. The third-order valence-electron chi connectivity index (χ3n) is 2.43. The highest BCUT2D eigenvalue weighted by Gasteiger charge is 2.14. The SMILES string of the molecule is COC(CNC(=O)c1cccnc1NC(C)C)OC. The Morgan fingerprint density at radius 3 is 2.63 bits per heavy atom. The first-order valence-electron chi connectivity index (χ1n) is 6.13. The van der Waals surface area contributed by atoms with Crippen molar-refractivity contribution in [3.05, 3.63) is 23.9 Å². The summed E-state index contributed by atoms with van der Waals surface area (Å²) < 4.78 is 10.0. The van der Waals surface area contributed by atoms with Crippen LogP contribution in [0.5, 0.6) is 0 Å². The van der Waals surface area contributed by atoms with Gasteiger partial charge in [-0.3, -0.25) is 4.79 Å². The smallest absolute Gasteiger partial charge is 0.255 e. The molecule has 0 saturated heterocycles. The number of nitrogens with one attached hydrogen (secondary N) is 2. The molecule has 1 heterocycles. The summed E-state index contributed by atoms with van der Waals surface area (Å²) >= 11 is 0. The predicted octanol–water partition coefficient (Wildman–Crippen LogP) is 1.25. The van der Waals surface area contributed by atoms with Crippen LogP contribution >= 0.6 is 0 Å². The maximum Gasteiger partial charge on any atom is 0.255 e. The summed E-state index contributed by atoms with van der Waals surface area (Å²) in [5.74, 6) is 0.358. The van der Waals surface area contributed by atoms with E-state index in [9.17, 15) is 4.79 Å². The number of ether oxygens (including phenoxy) is 2. The monoisotopic (exact) mass is 267 g/mol. The molecule has 6 nitrogen and oxygen atoms in total. The average Bonchev–Trinajstić information content (AvgIpc) is 2.39. The molecule has 0 aliphatic carbocycles. The Morgan fingerprint density at radius 2 is 2.05 bits per heavy atom. The van der Waals surface area contributed by atoms with Crippen LogP contribution in [0, 0.1) is 0 Å². The van der Waals surface area contributed by atoms with Crippen LogP contribution in [0.1, 0.15) is 24.2 Å². The summed E-state index contributed by atoms with van der Waals surface area (Å²) in [6.07, 6.45) is 1.19. The van der Waals surface area contributed by atoms with E-state index in [1.807, 2.05) is 13.8 Å². The van der Waals surface area contributed by atoms with Gasteiger partial charge in [-0.05, 0) is 26.0 Å². The lowest BCUT2D eigenvalue weighted by molar-refractivity contribution is -0.0974. The van der Waals surface area contributed by atoms with Crippen molar-refractivity contribution in [2.45, 2.75) is 26.2 Å². The van der Waals surface area contributed by atoms with Crippen molar-refractivity contribution in [2.24, 2.45) is 0 Å². The highest BCUT2D eigenvalue weighted by molar-refractivity contribution is 5.98. The molecule has 106 valence electrons. The third-order valence-corrected chi connectivity index (χ3v) is 2.43. The number of aromatic nitrogens is 1. The lowest BCUT2D eigenvalue weighted by Gasteiger charge is -2.16. The lowest BCUT2D eigenvalue weighted by Crippen LogP contribution is -2.34. The highest BCUT2D eigenvalue weighted by atomic mass is 16.7. The Hall–Kier alpha value is -1.66. The van der Waals surface area contributed by atoms with E-state index in [4.69, 9.17) is 9.47 Å². The van der Waals surface area contributed by atoms with Gasteiger partial charge in [-0.25, -0.2) is 4.98 Å². The fraction of sp³-hybridized carbons (Fsp3) is 0.538. The van der Waals surface area contributed by atoms with Crippen LogP contribution in [0.3, 0.4) is 0 Å². The Morgan fingerprint density at radius 1 is 1.37 bits per heavy atom. The third kappa shape index (κ3) is 4.84. The minimum absolute atomic E-state index is 0.201. The van der Waals surface area contributed by atoms with Crippen LogP contribution in [0.15, 0.2) is 18.3 Å². The maximum atomic E-state index is 12.1. The van der Waals surface area contributed by atoms with Crippen LogP contribution in [-0.2, 0) is 9.47 Å². The maximum absolute atomic E-state index is 12.1. The molecule has 1 aromatic rings. The second-order valence-electron chi connectivity index (χ2n) is 4.31. The van der Waals surface area contributed by atoms with Crippen LogP contribution < -0.4 is 10.6 Å². The first-order chi connectivity index (χ1) is 9.08. The van der Waals surface area contributed by atoms with Gasteiger partial charge in [0.05, 0.1) is 12.1 Å². The fourth-order valence-electron chi connectivity index (χ4n) is 1.51. The van der Waals surface area contributed by atoms with Crippen LogP contribution in [-0.4, -0.2) is 44.0 Å². The Labute approximate surface area is 113 Å². The summed E-state index contributed by atoms with van der Waals surface area (Å²) in [4.78, 5) is 16.3. The van der Waals surface area contributed by atoms with Gasteiger partial charge in [0.25, 0.3) is 5.91 Å². The van der Waals surface area contributed by atoms with Crippen molar-refractivity contribution in [3.63, 3.8) is 0 Å². The molecule has 0 spiro atoms. The molecule has 0 aromatic carbocycles. The van der Waals surface area contributed by atoms with Crippen molar-refractivity contribution >= 4 is 11.7 Å². The number of pyridine rings is 1. The van der Waals surface area contributed by atoms with Gasteiger partial charge < -0.3 is 20.1 Å². The second kappa shape index (κ2) is 7.70. The quantitative estimate of drug-likeness (QED) is 0.727. The Balaban J connectivity index is 2.71. The molecule has 2 N–H and O–H groups in total. The van der Waals surface area contributed by atoms with E-state index in [0.717, 1.165) is 0 Å². The van der Waals surface area contributed by atoms with Crippen molar-refractivity contribution in [3.8, 4) is 0 Å². The molecule has 0 radical (unpaired) electrons. The standard InChI is InChI=1S/C13H21N3O3/c1-9(2)16-12-10(6-5-7-14-12)13(17)15-8-11(18-3)19-4/h5-7,9,11H,8H2,1-4H3,(H,14,16)(H,15,17). The lowest BCUT2D eigenvalue weighted by atomic mass is 10.2. The van der Waals surface area contributed by atoms with Gasteiger partial charge >= 0.3 is 0 Å². The van der Waals surface area contributed by atoms with E-state index >= 15 is 0 Å². The van der Waals surface area contributed by atoms with Gasteiger partial charge in [-0.2, -0.15) is 0 Å². The number of hydrogen-bond acceptors (Lipinski definition) is 5. The molecular formula is C13H21N3O3. The van der Waals surface area contributed by atoms with E-state index in [2.05, 4.69) is 15.6 Å². The van der Waals surface area contributed by atoms with E-state index in [0.29, 0.717) is 11.4 Å². The van der Waals surface area contributed by atoms with Gasteiger partial charge in [0.1, 0.15) is 5.82 Å². The number of carbonyl (C=O) groups is 1. The number of anilines is 1. The molecule has 1 rings (SSSR count). The molecule has 1 aromatic heterocycles. The van der Waals surface area contributed by atoms with Gasteiger partial charge in [0.2, 0.25) is 0 Å². The van der Waals surface area contributed by atoms with Crippen LogP contribution in [0.4, 0.5) is 5.82 Å². The highest BCUT2D eigenvalue weighted by Crippen LogP contribution is 2.12. The molecule has 0 saturated carbocycles. The van der Waals surface area contributed by atoms with E-state index in [1.165, 1.54) is 14.2 Å². The summed E-state index contributed by atoms with van der Waals surface area (Å²) in [6.45, 7) is 4.26. The molecule has 6 heteroatoms. The zero-order chi connectivity index (χ0) is 14.3. The molecule has 0 fully saturated rings. The number of carbonyl (C=O) groups excluding carboxylic acids is 1. The number of rotatable bonds is 7. The molecular weight excluding hydrogens is 246 g/mol. The van der Waals surface area contributed by atoms with Crippen molar-refractivity contribution in [2.75, 3.05) is 26.1 Å². The molecule has 0 unspecified atom stereocenters. The molecule has 1 amide bonds. The minimum Gasteiger partial charge on any atom is -0.367 e. The predicted molar refractivity (Wildman–Crippen MR) is 73.1 cm³/mol. The second-order valence-corrected chi connectivity index (χ2v) is 4.31. The summed E-state index contributed by atoms with van der Waals surface area (Å²) in [5.41, 5.74) is 0.502. The topological polar surface area (TPSA) is 72.5 Å². The summed E-state index contributed by atoms with van der Waals surface area (Å²) in [7, 11) is 3.05. The number of methoxy groups -OCH3 is 2. The number of amides is 1. The number of nitrogens with zero attached hydrogens (tertiary/aromatic N) is 1. The molecule has 0 atom stereocenters. The largest absolute Gasteiger partial charge is 0.367 e. The zero-order valence-electron chi connectivity index (χ0n) is 11.8. The van der Waals surface area contributed by atoms with E-state index in [-0.39, 0.29) is 18.5 Å². The average molecular weight is 267 g/mol. The first kappa shape index (κ1) is 15.4. The molecule has 0 aliphatic rings. The summed E-state index contributed by atoms with van der Waals surface area (Å²) in [5, 5.41) is 5.88. The molecule has 0 bridgehead atoms. The van der Waals surface area contributed by atoms with Crippen LogP contribution in [0.2, 0.25) is 0 Å². The zero-order valence-corrected chi connectivity index (χ0v) is 11.8. The molecule has 19 heavy (non-hydrogen) atoms. The Bertz CT molecular complexity index is 406.